The highest BCUT2D eigenvalue weighted by Crippen LogP contribution is 2.28. The maximum Gasteiger partial charge on any atom is 0.275 e. The van der Waals surface area contributed by atoms with E-state index in [2.05, 4.69) is 19.2 Å². The Morgan fingerprint density at radius 2 is 1.76 bits per heavy atom. The lowest BCUT2D eigenvalue weighted by Crippen LogP contribution is -3.15. The smallest absolute Gasteiger partial charge is 0.275 e. The fourth-order valence-electron chi connectivity index (χ4n) is 4.23. The van der Waals surface area contributed by atoms with Gasteiger partial charge in [0.05, 0.1) is 20.2 Å². The van der Waals surface area contributed by atoms with Gasteiger partial charge in [-0.2, -0.15) is 0 Å². The SMILES string of the molecule is COc1cc(CNC(=O)C[NH+]2C[C@H](C)C[C@@H](C)C2)ccc1OCc1ccccc1. The molecule has 29 heavy (non-hydrogen) atoms. The van der Waals surface area contributed by atoms with E-state index in [4.69, 9.17) is 9.47 Å². The van der Waals surface area contributed by atoms with E-state index < -0.39 is 0 Å². The van der Waals surface area contributed by atoms with Gasteiger partial charge in [0.15, 0.2) is 18.0 Å². The molecule has 0 radical (unpaired) electrons. The Labute approximate surface area is 174 Å². The van der Waals surface area contributed by atoms with Crippen LogP contribution in [0, 0.1) is 11.8 Å². The van der Waals surface area contributed by atoms with Gasteiger partial charge >= 0.3 is 0 Å². The van der Waals surface area contributed by atoms with Crippen molar-refractivity contribution in [3.63, 3.8) is 0 Å². The third-order valence-electron chi connectivity index (χ3n) is 5.44. The van der Waals surface area contributed by atoms with Crippen LogP contribution in [0.15, 0.2) is 48.5 Å². The molecule has 0 unspecified atom stereocenters. The van der Waals surface area contributed by atoms with Crippen molar-refractivity contribution in [3.05, 3.63) is 59.7 Å². The van der Waals surface area contributed by atoms with Crippen LogP contribution in [0.2, 0.25) is 0 Å². The number of amides is 1. The molecule has 1 amide bonds. The van der Waals surface area contributed by atoms with Crippen molar-refractivity contribution >= 4 is 5.91 Å². The summed E-state index contributed by atoms with van der Waals surface area (Å²) in [5.41, 5.74) is 2.10. The Morgan fingerprint density at radius 1 is 1.03 bits per heavy atom. The van der Waals surface area contributed by atoms with E-state index in [1.165, 1.54) is 11.3 Å². The zero-order chi connectivity index (χ0) is 20.6. The van der Waals surface area contributed by atoms with Gasteiger partial charge in [-0.15, -0.1) is 0 Å². The lowest BCUT2D eigenvalue weighted by atomic mass is 9.92. The maximum absolute atomic E-state index is 12.4. The van der Waals surface area contributed by atoms with Crippen LogP contribution in [0.5, 0.6) is 11.5 Å². The molecular weight excluding hydrogens is 364 g/mol. The molecule has 0 aromatic heterocycles. The van der Waals surface area contributed by atoms with Gasteiger partial charge in [-0.05, 0) is 29.7 Å². The largest absolute Gasteiger partial charge is 0.493 e. The number of hydrogen-bond acceptors (Lipinski definition) is 3. The Morgan fingerprint density at radius 3 is 2.45 bits per heavy atom. The molecule has 2 aromatic rings. The van der Waals surface area contributed by atoms with Crippen LogP contribution in [0.1, 0.15) is 31.4 Å². The molecule has 1 saturated heterocycles. The number of piperidine rings is 1. The zero-order valence-electron chi connectivity index (χ0n) is 17.7. The predicted molar refractivity (Wildman–Crippen MR) is 114 cm³/mol. The second kappa shape index (κ2) is 10.3. The van der Waals surface area contributed by atoms with Crippen LogP contribution < -0.4 is 19.7 Å². The van der Waals surface area contributed by atoms with Gasteiger partial charge in [-0.25, -0.2) is 0 Å². The normalized spacial score (nSPS) is 21.4. The van der Waals surface area contributed by atoms with Crippen LogP contribution in [-0.4, -0.2) is 32.7 Å². The van der Waals surface area contributed by atoms with Crippen LogP contribution in [0.25, 0.3) is 0 Å². The molecule has 2 N–H and O–H groups in total. The van der Waals surface area contributed by atoms with E-state index in [1.54, 1.807) is 7.11 Å². The average Bonchev–Trinajstić information content (AvgIpc) is 2.71. The number of hydrogen-bond donors (Lipinski definition) is 2. The first kappa shape index (κ1) is 21.2. The Kier molecular flexibility index (Phi) is 7.53. The number of rotatable bonds is 8. The van der Waals surface area contributed by atoms with Crippen LogP contribution >= 0.6 is 0 Å². The molecule has 1 fully saturated rings. The summed E-state index contributed by atoms with van der Waals surface area (Å²) in [6, 6.07) is 15.8. The molecule has 0 aliphatic carbocycles. The van der Waals surface area contributed by atoms with Crippen molar-refractivity contribution in [1.82, 2.24) is 5.32 Å². The lowest BCUT2D eigenvalue weighted by Gasteiger charge is -2.31. The highest BCUT2D eigenvalue weighted by Gasteiger charge is 2.26. The summed E-state index contributed by atoms with van der Waals surface area (Å²) in [4.78, 5) is 13.8. The molecular formula is C24H33N2O3+. The number of carbonyl (C=O) groups is 1. The molecule has 5 heteroatoms. The minimum atomic E-state index is 0.102. The molecule has 1 aliphatic rings. The minimum Gasteiger partial charge on any atom is -0.493 e. The Hall–Kier alpha value is -2.53. The van der Waals surface area contributed by atoms with Gasteiger partial charge < -0.3 is 19.7 Å². The summed E-state index contributed by atoms with van der Waals surface area (Å²) in [5, 5.41) is 3.05. The average molecular weight is 398 g/mol. The van der Waals surface area contributed by atoms with E-state index in [1.807, 2.05) is 48.5 Å². The number of ether oxygens (including phenoxy) is 2. The van der Waals surface area contributed by atoms with Crippen molar-refractivity contribution in [1.29, 1.82) is 0 Å². The van der Waals surface area contributed by atoms with E-state index in [-0.39, 0.29) is 5.91 Å². The van der Waals surface area contributed by atoms with E-state index in [0.29, 0.717) is 43.0 Å². The molecule has 156 valence electrons. The molecule has 2 aromatic carbocycles. The van der Waals surface area contributed by atoms with Gasteiger partial charge in [0, 0.05) is 18.4 Å². The predicted octanol–water partition coefficient (Wildman–Crippen LogP) is 2.45. The molecule has 2 atom stereocenters. The van der Waals surface area contributed by atoms with Crippen molar-refractivity contribution in [2.45, 2.75) is 33.4 Å². The van der Waals surface area contributed by atoms with E-state index >= 15 is 0 Å². The van der Waals surface area contributed by atoms with Gasteiger partial charge in [-0.1, -0.05) is 50.2 Å². The summed E-state index contributed by atoms with van der Waals surface area (Å²) in [5.74, 6) is 2.86. The number of nitrogens with one attached hydrogen (secondary N) is 2. The highest BCUT2D eigenvalue weighted by atomic mass is 16.5. The molecule has 0 spiro atoms. The topological polar surface area (TPSA) is 52.0 Å². The molecule has 3 rings (SSSR count). The summed E-state index contributed by atoms with van der Waals surface area (Å²) in [6.07, 6.45) is 1.27. The van der Waals surface area contributed by atoms with Gasteiger partial charge in [0.1, 0.15) is 6.61 Å². The monoisotopic (exact) mass is 397 g/mol. The molecule has 5 nitrogen and oxygen atoms in total. The maximum atomic E-state index is 12.4. The summed E-state index contributed by atoms with van der Waals surface area (Å²) in [7, 11) is 1.63. The number of likely N-dealkylation sites (tertiary alicyclic amines) is 1. The second-order valence-electron chi connectivity index (χ2n) is 8.32. The third-order valence-corrected chi connectivity index (χ3v) is 5.44. The number of quaternary nitrogens is 1. The lowest BCUT2D eigenvalue weighted by molar-refractivity contribution is -0.904. The number of methoxy groups -OCH3 is 1. The fraction of sp³-hybridized carbons (Fsp3) is 0.458. The van der Waals surface area contributed by atoms with E-state index in [0.717, 1.165) is 24.2 Å². The molecule has 0 saturated carbocycles. The quantitative estimate of drug-likeness (QED) is 0.719. The summed E-state index contributed by atoms with van der Waals surface area (Å²) >= 11 is 0. The van der Waals surface area contributed by atoms with Crippen molar-refractivity contribution < 1.29 is 19.2 Å². The van der Waals surface area contributed by atoms with Gasteiger partial charge in [-0.3, -0.25) is 4.79 Å². The minimum absolute atomic E-state index is 0.102. The van der Waals surface area contributed by atoms with Crippen molar-refractivity contribution in [2.75, 3.05) is 26.7 Å². The molecule has 0 bridgehead atoms. The number of benzene rings is 2. The first-order valence-electron chi connectivity index (χ1n) is 10.5. The summed E-state index contributed by atoms with van der Waals surface area (Å²) < 4.78 is 11.4. The molecule has 1 aliphatic heterocycles. The highest BCUT2D eigenvalue weighted by molar-refractivity contribution is 5.76. The third kappa shape index (κ3) is 6.50. The van der Waals surface area contributed by atoms with Gasteiger partial charge in [0.25, 0.3) is 5.91 Å². The number of carbonyl (C=O) groups excluding carboxylic acids is 1. The van der Waals surface area contributed by atoms with Crippen molar-refractivity contribution in [2.24, 2.45) is 11.8 Å². The zero-order valence-corrected chi connectivity index (χ0v) is 17.7. The first-order valence-corrected chi connectivity index (χ1v) is 10.5. The van der Waals surface area contributed by atoms with Gasteiger partial charge in [0.2, 0.25) is 0 Å². The fourth-order valence-corrected chi connectivity index (χ4v) is 4.23. The van der Waals surface area contributed by atoms with Crippen LogP contribution in [-0.2, 0) is 17.9 Å². The Bertz CT molecular complexity index is 784. The molecule has 1 heterocycles. The summed E-state index contributed by atoms with van der Waals surface area (Å²) in [6.45, 7) is 8.25. The second-order valence-corrected chi connectivity index (χ2v) is 8.32. The van der Waals surface area contributed by atoms with Crippen molar-refractivity contribution in [3.8, 4) is 11.5 Å². The Balaban J connectivity index is 1.51. The standard InChI is InChI=1S/C24H32N2O3/c1-18-11-19(2)15-26(14-18)16-24(27)25-13-21-9-10-22(23(12-21)28-3)29-17-20-7-5-4-6-8-20/h4-10,12,18-19H,11,13-17H2,1-3H3,(H,25,27)/p+1/t18-,19-/m1/s1. The van der Waals surface area contributed by atoms with E-state index in [9.17, 15) is 4.79 Å². The van der Waals surface area contributed by atoms with Crippen LogP contribution in [0.3, 0.4) is 0 Å². The van der Waals surface area contributed by atoms with Crippen LogP contribution in [0.4, 0.5) is 0 Å². The first-order chi connectivity index (χ1) is 14.0.